The number of pyridine rings is 1. The monoisotopic (exact) mass is 530 g/mol. The molecular weight excluding hydrogens is 507 g/mol. The Morgan fingerprint density at radius 3 is 2.55 bits per heavy atom. The van der Waals surface area contributed by atoms with E-state index in [0.717, 1.165) is 17.1 Å². The number of benzene rings is 2. The molecule has 1 fully saturated rings. The first kappa shape index (κ1) is 25.0. The third kappa shape index (κ3) is 5.09. The number of nitrogens with zero attached hydrogens (tertiary/aromatic N) is 4. The van der Waals surface area contributed by atoms with Gasteiger partial charge >= 0.3 is 0 Å². The number of para-hydroxylation sites is 1. The molecule has 2 aromatic carbocycles. The lowest BCUT2D eigenvalue weighted by Gasteiger charge is -2.28. The van der Waals surface area contributed by atoms with Gasteiger partial charge in [0.1, 0.15) is 5.82 Å². The van der Waals surface area contributed by atoms with Gasteiger partial charge in [0.2, 0.25) is 5.91 Å². The molecule has 1 aliphatic heterocycles. The van der Waals surface area contributed by atoms with E-state index in [4.69, 9.17) is 12.2 Å². The first-order valence-electron chi connectivity index (χ1n) is 11.9. The number of rotatable bonds is 8. The van der Waals surface area contributed by atoms with Crippen molar-refractivity contribution < 1.29 is 14.1 Å². The fourth-order valence-corrected chi connectivity index (χ4v) is 4.90. The Hall–Kier alpha value is -4.64. The van der Waals surface area contributed by atoms with Crippen molar-refractivity contribution in [3.63, 3.8) is 0 Å². The summed E-state index contributed by atoms with van der Waals surface area (Å²) in [5, 5.41) is 17.5. The number of carbonyl (C=O) groups excluding carboxylic acids is 1. The minimum atomic E-state index is -0.506. The zero-order valence-electron chi connectivity index (χ0n) is 20.0. The number of nitro benzene ring substituents is 1. The maximum atomic E-state index is 14.0. The summed E-state index contributed by atoms with van der Waals surface area (Å²) >= 11 is 5.69. The van der Waals surface area contributed by atoms with E-state index < -0.39 is 10.7 Å². The van der Waals surface area contributed by atoms with Crippen molar-refractivity contribution in [2.24, 2.45) is 0 Å². The molecule has 1 saturated heterocycles. The molecule has 0 radical (unpaired) electrons. The van der Waals surface area contributed by atoms with Crippen molar-refractivity contribution >= 4 is 34.6 Å². The Balaban J connectivity index is 1.45. The standard InChI is InChI=1S/C27H23FN6O3S/c28-20-6-1-2-7-21(20)30-24(35)14-17-33-26(25(31-27(33)38)22-8-3-4-15-29-22)23-9-5-16-32(23)18-10-12-19(13-11-18)34(36)37/h1-13,15-16,25-26H,14,17H2,(H,30,35)(H,31,38)/t25-,26-/m0/s1. The van der Waals surface area contributed by atoms with Crippen molar-refractivity contribution in [3.8, 4) is 5.69 Å². The predicted molar refractivity (Wildman–Crippen MR) is 144 cm³/mol. The zero-order valence-corrected chi connectivity index (χ0v) is 20.8. The van der Waals surface area contributed by atoms with Gasteiger partial charge in [0.25, 0.3) is 5.69 Å². The number of hydrogen-bond donors (Lipinski definition) is 2. The summed E-state index contributed by atoms with van der Waals surface area (Å²) in [6.07, 6.45) is 3.65. The third-order valence-electron chi connectivity index (χ3n) is 6.35. The number of hydrogen-bond acceptors (Lipinski definition) is 5. The lowest BCUT2D eigenvalue weighted by molar-refractivity contribution is -0.384. The molecule has 1 amide bonds. The van der Waals surface area contributed by atoms with Crippen LogP contribution in [0.2, 0.25) is 0 Å². The number of anilines is 1. The first-order chi connectivity index (χ1) is 18.4. The van der Waals surface area contributed by atoms with Crippen LogP contribution in [-0.4, -0.2) is 36.9 Å². The Morgan fingerprint density at radius 2 is 1.84 bits per heavy atom. The van der Waals surface area contributed by atoms with Crippen LogP contribution >= 0.6 is 12.2 Å². The second kappa shape index (κ2) is 10.8. The van der Waals surface area contributed by atoms with Crippen molar-refractivity contribution in [2.75, 3.05) is 11.9 Å². The molecule has 2 atom stereocenters. The van der Waals surface area contributed by atoms with Crippen molar-refractivity contribution in [1.29, 1.82) is 0 Å². The Labute approximate surface area is 223 Å². The van der Waals surface area contributed by atoms with E-state index in [9.17, 15) is 19.3 Å². The highest BCUT2D eigenvalue weighted by atomic mass is 32.1. The molecule has 2 aromatic heterocycles. The summed E-state index contributed by atoms with van der Waals surface area (Å²) in [4.78, 5) is 29.8. The van der Waals surface area contributed by atoms with E-state index in [1.807, 2.05) is 46.0 Å². The molecular formula is C27H23FN6O3S. The number of nitro groups is 1. The van der Waals surface area contributed by atoms with Crippen LogP contribution in [0.1, 0.15) is 29.9 Å². The summed E-state index contributed by atoms with van der Waals surface area (Å²) in [6, 6.07) is 21.1. The highest BCUT2D eigenvalue weighted by molar-refractivity contribution is 7.80. The van der Waals surface area contributed by atoms with Gasteiger partial charge in [-0.3, -0.25) is 19.9 Å². The number of thiocarbonyl (C=S) groups is 1. The lowest BCUT2D eigenvalue weighted by Crippen LogP contribution is -2.33. The topological polar surface area (TPSA) is 105 Å². The predicted octanol–water partition coefficient (Wildman–Crippen LogP) is 4.92. The summed E-state index contributed by atoms with van der Waals surface area (Å²) < 4.78 is 15.9. The molecule has 4 aromatic rings. The molecule has 5 rings (SSSR count). The molecule has 11 heteroatoms. The molecule has 2 N–H and O–H groups in total. The average Bonchev–Trinajstić information content (AvgIpc) is 3.53. The Bertz CT molecular complexity index is 1480. The van der Waals surface area contributed by atoms with Crippen LogP contribution in [0.5, 0.6) is 0 Å². The maximum Gasteiger partial charge on any atom is 0.269 e. The number of nitrogens with one attached hydrogen (secondary N) is 2. The minimum Gasteiger partial charge on any atom is -0.352 e. The Kier molecular flexibility index (Phi) is 7.09. The maximum absolute atomic E-state index is 14.0. The van der Waals surface area contributed by atoms with Crippen molar-refractivity contribution in [2.45, 2.75) is 18.5 Å². The van der Waals surface area contributed by atoms with E-state index >= 15 is 0 Å². The largest absolute Gasteiger partial charge is 0.352 e. The number of halogens is 1. The van der Waals surface area contributed by atoms with Gasteiger partial charge < -0.3 is 20.1 Å². The van der Waals surface area contributed by atoms with Crippen LogP contribution in [0.25, 0.3) is 5.69 Å². The first-order valence-corrected chi connectivity index (χ1v) is 12.3. The molecule has 9 nitrogen and oxygen atoms in total. The molecule has 38 heavy (non-hydrogen) atoms. The van der Waals surface area contributed by atoms with Gasteiger partial charge in [0.15, 0.2) is 5.11 Å². The highest BCUT2D eigenvalue weighted by Gasteiger charge is 2.41. The van der Waals surface area contributed by atoms with Crippen LogP contribution < -0.4 is 10.6 Å². The van der Waals surface area contributed by atoms with Crippen LogP contribution in [-0.2, 0) is 4.79 Å². The van der Waals surface area contributed by atoms with Gasteiger partial charge in [-0.25, -0.2) is 4.39 Å². The van der Waals surface area contributed by atoms with E-state index in [0.29, 0.717) is 5.11 Å². The van der Waals surface area contributed by atoms with Crippen molar-refractivity contribution in [1.82, 2.24) is 19.8 Å². The zero-order chi connectivity index (χ0) is 26.6. The Morgan fingerprint density at radius 1 is 1.08 bits per heavy atom. The fraction of sp³-hybridized carbons (Fsp3) is 0.148. The van der Waals surface area contributed by atoms with Gasteiger partial charge in [-0.05, 0) is 60.7 Å². The summed E-state index contributed by atoms with van der Waals surface area (Å²) in [5.74, 6) is -0.850. The summed E-state index contributed by atoms with van der Waals surface area (Å²) in [6.45, 7) is 0.269. The third-order valence-corrected chi connectivity index (χ3v) is 6.70. The normalized spacial score (nSPS) is 16.8. The quantitative estimate of drug-likeness (QED) is 0.189. The molecule has 3 heterocycles. The van der Waals surface area contributed by atoms with E-state index in [2.05, 4.69) is 15.6 Å². The molecule has 0 bridgehead atoms. The van der Waals surface area contributed by atoms with Gasteiger partial charge in [-0.15, -0.1) is 0 Å². The number of non-ortho nitro benzene ring substituents is 1. The molecule has 0 aliphatic carbocycles. The van der Waals surface area contributed by atoms with Crippen LogP contribution in [0.15, 0.2) is 91.3 Å². The van der Waals surface area contributed by atoms with Crippen LogP contribution in [0, 0.1) is 15.9 Å². The van der Waals surface area contributed by atoms with Gasteiger partial charge in [-0.2, -0.15) is 0 Å². The van der Waals surface area contributed by atoms with Crippen LogP contribution in [0.3, 0.4) is 0 Å². The van der Waals surface area contributed by atoms with Crippen LogP contribution in [0.4, 0.5) is 15.8 Å². The molecule has 0 spiro atoms. The molecule has 0 unspecified atom stereocenters. The van der Waals surface area contributed by atoms with Gasteiger partial charge in [0.05, 0.1) is 28.4 Å². The summed E-state index contributed by atoms with van der Waals surface area (Å²) in [7, 11) is 0. The van der Waals surface area contributed by atoms with Crippen molar-refractivity contribution in [3.05, 3.63) is 119 Å². The smallest absolute Gasteiger partial charge is 0.269 e. The van der Waals surface area contributed by atoms with E-state index in [1.165, 1.54) is 24.3 Å². The fourth-order valence-electron chi connectivity index (χ4n) is 4.57. The SMILES string of the molecule is O=C(CCN1C(=S)N[C@@H](c2ccccn2)[C@@H]1c1cccn1-c1ccc([N+](=O)[O-])cc1)Nc1ccccc1F. The van der Waals surface area contributed by atoms with Gasteiger partial charge in [-0.1, -0.05) is 18.2 Å². The molecule has 192 valence electrons. The second-order valence-electron chi connectivity index (χ2n) is 8.67. The van der Waals surface area contributed by atoms with E-state index in [-0.39, 0.29) is 42.3 Å². The number of carbonyl (C=O) groups is 1. The van der Waals surface area contributed by atoms with Gasteiger partial charge in [0, 0.05) is 48.9 Å². The number of amides is 1. The highest BCUT2D eigenvalue weighted by Crippen LogP contribution is 2.39. The van der Waals surface area contributed by atoms with E-state index in [1.54, 1.807) is 30.5 Å². The second-order valence-corrected chi connectivity index (χ2v) is 9.06. The molecule has 1 aliphatic rings. The number of aromatic nitrogens is 2. The molecule has 0 saturated carbocycles. The minimum absolute atomic E-state index is 0.0000192. The average molecular weight is 531 g/mol. The lowest BCUT2D eigenvalue weighted by atomic mass is 10.0. The summed E-state index contributed by atoms with van der Waals surface area (Å²) in [5.41, 5.74) is 2.49.